The van der Waals surface area contributed by atoms with Gasteiger partial charge in [0.25, 0.3) is 7.82 Å². The molecule has 0 aliphatic heterocycles. The zero-order valence-corrected chi connectivity index (χ0v) is 51.5. The molecule has 0 aromatic carbocycles. The first kappa shape index (κ1) is 74.4. The van der Waals surface area contributed by atoms with Gasteiger partial charge in [-0.15, -0.1) is 0 Å². The molecular weight excluding hydrogens is 990 g/mol. The van der Waals surface area contributed by atoms with Crippen molar-refractivity contribution in [3.8, 4) is 0 Å². The fourth-order valence-corrected chi connectivity index (χ4v) is 8.90. The zero-order chi connectivity index (χ0) is 57.0. The van der Waals surface area contributed by atoms with E-state index in [4.69, 9.17) is 18.5 Å². The van der Waals surface area contributed by atoms with Crippen LogP contribution in [0.5, 0.6) is 0 Å². The number of esters is 2. The molecule has 0 N–H and O–H groups in total. The zero-order valence-electron chi connectivity index (χ0n) is 50.6. The third-order valence-electron chi connectivity index (χ3n) is 13.0. The van der Waals surface area contributed by atoms with Gasteiger partial charge in [0.1, 0.15) is 19.8 Å². The number of carbonyl (C=O) groups is 2. The maximum absolute atomic E-state index is 12.8. The van der Waals surface area contributed by atoms with E-state index in [2.05, 4.69) is 135 Å². The van der Waals surface area contributed by atoms with Crippen LogP contribution in [0, 0.1) is 0 Å². The molecule has 0 aromatic heterocycles. The second-order valence-electron chi connectivity index (χ2n) is 21.7. The molecule has 0 spiro atoms. The summed E-state index contributed by atoms with van der Waals surface area (Å²) >= 11 is 0. The van der Waals surface area contributed by atoms with Gasteiger partial charge in [-0.05, 0) is 109 Å². The Hall–Kier alpha value is -3.59. The van der Waals surface area contributed by atoms with Crippen LogP contribution in [-0.4, -0.2) is 70.0 Å². The van der Waals surface area contributed by atoms with E-state index in [1.807, 2.05) is 21.1 Å². The van der Waals surface area contributed by atoms with Crippen molar-refractivity contribution in [1.29, 1.82) is 0 Å². The van der Waals surface area contributed by atoms with Gasteiger partial charge in [0.05, 0.1) is 27.7 Å². The summed E-state index contributed by atoms with van der Waals surface area (Å²) in [5.74, 6) is -0.850. The van der Waals surface area contributed by atoms with Gasteiger partial charge in [-0.1, -0.05) is 245 Å². The molecule has 0 aliphatic carbocycles. The van der Waals surface area contributed by atoms with E-state index in [1.54, 1.807) is 0 Å². The number of quaternary nitrogens is 1. The molecule has 0 rings (SSSR count). The Morgan fingerprint density at radius 1 is 0.410 bits per heavy atom. The fraction of sp³-hybridized carbons (Fsp3) is 0.676. The van der Waals surface area contributed by atoms with Crippen molar-refractivity contribution in [1.82, 2.24) is 0 Å². The van der Waals surface area contributed by atoms with Crippen LogP contribution in [-0.2, 0) is 32.7 Å². The summed E-state index contributed by atoms with van der Waals surface area (Å²) in [5.41, 5.74) is 0. The van der Waals surface area contributed by atoms with E-state index >= 15 is 0 Å². The second kappa shape index (κ2) is 58.1. The van der Waals surface area contributed by atoms with Crippen LogP contribution in [0.1, 0.15) is 245 Å². The highest BCUT2D eigenvalue weighted by Crippen LogP contribution is 2.38. The number of phosphoric acid groups is 1. The summed E-state index contributed by atoms with van der Waals surface area (Å²) in [7, 11) is 1.15. The number of hydrogen-bond donors (Lipinski definition) is 0. The van der Waals surface area contributed by atoms with Crippen LogP contribution < -0.4 is 4.89 Å². The first-order valence-electron chi connectivity index (χ1n) is 31.2. The molecule has 0 heterocycles. The summed E-state index contributed by atoms with van der Waals surface area (Å²) in [4.78, 5) is 37.9. The monoisotopic (exact) mass is 1110 g/mol. The summed E-state index contributed by atoms with van der Waals surface area (Å²) in [6, 6.07) is 0. The van der Waals surface area contributed by atoms with Crippen LogP contribution >= 0.6 is 7.82 Å². The van der Waals surface area contributed by atoms with Crippen LogP contribution in [0.25, 0.3) is 0 Å². The first-order chi connectivity index (χ1) is 38.0. The normalized spacial score (nSPS) is 14.1. The summed E-state index contributed by atoms with van der Waals surface area (Å²) < 4.78 is 34.1. The number of likely N-dealkylation sites (N-methyl/N-ethyl adjacent to an activating group) is 1. The molecule has 78 heavy (non-hydrogen) atoms. The van der Waals surface area contributed by atoms with Crippen molar-refractivity contribution in [2.45, 2.75) is 251 Å². The Morgan fingerprint density at radius 3 is 1.10 bits per heavy atom. The Morgan fingerprint density at radius 2 is 0.731 bits per heavy atom. The van der Waals surface area contributed by atoms with Gasteiger partial charge in [-0.2, -0.15) is 0 Å². The minimum atomic E-state index is -4.64. The molecule has 2 atom stereocenters. The van der Waals surface area contributed by atoms with E-state index in [0.717, 1.165) is 116 Å². The van der Waals surface area contributed by atoms with E-state index in [-0.39, 0.29) is 26.1 Å². The topological polar surface area (TPSA) is 111 Å². The SMILES string of the molecule is CC/C=C\C/C=C\C/C=C\C/C=C\C/C=C\C/C=C\C/C=C\C/C=C\C/C=C\CCCCCCCCCCCCCC(=O)OC(COC(=O)CCCCCCC/C=C\CCCCCCCC)COP(=O)([O-])OCC[N+](C)(C)C. The molecule has 10 heteroatoms. The van der Waals surface area contributed by atoms with Crippen LogP contribution in [0.15, 0.2) is 122 Å². The van der Waals surface area contributed by atoms with Crippen molar-refractivity contribution < 1.29 is 42.1 Å². The van der Waals surface area contributed by atoms with Gasteiger partial charge in [0.15, 0.2) is 6.10 Å². The highest BCUT2D eigenvalue weighted by atomic mass is 31.2. The number of carbonyl (C=O) groups excluding carboxylic acids is 2. The average molecular weight is 1110 g/mol. The molecule has 0 fully saturated rings. The molecule has 0 saturated carbocycles. The third-order valence-corrected chi connectivity index (χ3v) is 13.9. The smallest absolute Gasteiger partial charge is 0.306 e. The lowest BCUT2D eigenvalue weighted by molar-refractivity contribution is -0.870. The molecule has 2 unspecified atom stereocenters. The van der Waals surface area contributed by atoms with E-state index in [9.17, 15) is 19.0 Å². The van der Waals surface area contributed by atoms with E-state index in [1.165, 1.54) is 89.9 Å². The number of ether oxygens (including phenoxy) is 2. The molecule has 0 aliphatic rings. The van der Waals surface area contributed by atoms with E-state index < -0.39 is 32.5 Å². The molecule has 0 aromatic rings. The number of hydrogen-bond acceptors (Lipinski definition) is 8. The summed E-state index contributed by atoms with van der Waals surface area (Å²) in [6.45, 7) is 4.10. The van der Waals surface area contributed by atoms with Gasteiger partial charge in [0, 0.05) is 12.8 Å². The minimum absolute atomic E-state index is 0.0372. The molecular formula is C68H116NO8P. The predicted molar refractivity (Wildman–Crippen MR) is 332 cm³/mol. The molecule has 0 amide bonds. The van der Waals surface area contributed by atoms with Crippen molar-refractivity contribution in [2.24, 2.45) is 0 Å². The Kier molecular flexibility index (Phi) is 55.4. The van der Waals surface area contributed by atoms with Gasteiger partial charge in [0.2, 0.25) is 0 Å². The quantitative estimate of drug-likeness (QED) is 0.0195. The van der Waals surface area contributed by atoms with Crippen molar-refractivity contribution >= 4 is 19.8 Å². The van der Waals surface area contributed by atoms with Gasteiger partial charge in [-0.25, -0.2) is 0 Å². The minimum Gasteiger partial charge on any atom is -0.756 e. The third kappa shape index (κ3) is 61.6. The van der Waals surface area contributed by atoms with Crippen molar-refractivity contribution in [2.75, 3.05) is 47.5 Å². The summed E-state index contributed by atoms with van der Waals surface area (Å²) in [6.07, 6.45) is 82.6. The van der Waals surface area contributed by atoms with Gasteiger partial charge < -0.3 is 27.9 Å². The number of phosphoric ester groups is 1. The maximum Gasteiger partial charge on any atom is 0.306 e. The van der Waals surface area contributed by atoms with Crippen LogP contribution in [0.4, 0.5) is 0 Å². The molecule has 0 bridgehead atoms. The largest absolute Gasteiger partial charge is 0.756 e. The number of rotatable bonds is 56. The lowest BCUT2D eigenvalue weighted by Gasteiger charge is -2.28. The highest BCUT2D eigenvalue weighted by Gasteiger charge is 2.22. The van der Waals surface area contributed by atoms with Crippen LogP contribution in [0.3, 0.4) is 0 Å². The lowest BCUT2D eigenvalue weighted by atomic mass is 10.0. The molecule has 0 saturated heterocycles. The number of unbranched alkanes of at least 4 members (excludes halogenated alkanes) is 22. The Balaban J connectivity index is 4.08. The maximum atomic E-state index is 12.8. The highest BCUT2D eigenvalue weighted by molar-refractivity contribution is 7.45. The van der Waals surface area contributed by atoms with Gasteiger partial charge >= 0.3 is 11.9 Å². The first-order valence-corrected chi connectivity index (χ1v) is 32.7. The predicted octanol–water partition coefficient (Wildman–Crippen LogP) is 19.3. The molecule has 446 valence electrons. The Labute approximate surface area is 479 Å². The fourth-order valence-electron chi connectivity index (χ4n) is 8.17. The summed E-state index contributed by atoms with van der Waals surface area (Å²) in [5, 5.41) is 0. The van der Waals surface area contributed by atoms with E-state index in [0.29, 0.717) is 23.9 Å². The second-order valence-corrected chi connectivity index (χ2v) is 23.1. The van der Waals surface area contributed by atoms with Crippen molar-refractivity contribution in [3.63, 3.8) is 0 Å². The van der Waals surface area contributed by atoms with Gasteiger partial charge in [-0.3, -0.25) is 14.2 Å². The average Bonchev–Trinajstić information content (AvgIpc) is 3.41. The number of allylic oxidation sites excluding steroid dienone is 20. The lowest BCUT2D eigenvalue weighted by Crippen LogP contribution is -2.37. The van der Waals surface area contributed by atoms with Crippen LogP contribution in [0.2, 0.25) is 0 Å². The Bertz CT molecular complexity index is 1730. The number of nitrogens with zero attached hydrogens (tertiary/aromatic N) is 1. The molecule has 9 nitrogen and oxygen atoms in total. The molecule has 0 radical (unpaired) electrons. The standard InChI is InChI=1S/C68H116NO8P/c1-6-8-10-12-14-16-18-20-22-23-24-25-26-27-28-29-30-31-32-33-34-35-36-37-38-39-40-41-42-43-44-45-47-49-51-53-55-57-59-61-68(71)77-66(65-76-78(72,73)75-63-62-69(3,4)5)64-74-67(70)60-58-56-54-52-50-48-46-21-19-17-15-13-11-9-7-2/h8,10,14,16,20-22,24-25,27-28,30-31,33-34,36-37,39-40,46,66H,6-7,9,11-13,15,17-19,23,26,29,32,35,38,41-45,47-65H2,1-5H3/b10-8-,16-14-,22-20-,25-24-,28-27-,31-30-,34-33-,37-36-,40-39-,46-21-. The van der Waals surface area contributed by atoms with Crippen molar-refractivity contribution in [3.05, 3.63) is 122 Å².